The average Bonchev–Trinajstić information content (AvgIpc) is 3.39. The number of imidazole rings is 1. The Kier molecular flexibility index (Phi) is 5.01. The van der Waals surface area contributed by atoms with Gasteiger partial charge < -0.3 is 14.0 Å². The molecule has 4 rings (SSSR count). The molecular formula is C22H20N4O2. The van der Waals surface area contributed by atoms with E-state index in [9.17, 15) is 4.79 Å². The fourth-order valence-corrected chi connectivity index (χ4v) is 3.01. The number of carbonyl (C=O) groups is 1. The lowest BCUT2D eigenvalue weighted by atomic mass is 10.1. The maximum absolute atomic E-state index is 12.8. The minimum absolute atomic E-state index is 0.208. The highest BCUT2D eigenvalue weighted by Crippen LogP contribution is 2.20. The summed E-state index contributed by atoms with van der Waals surface area (Å²) in [6.45, 7) is 1.09. The van der Waals surface area contributed by atoms with Crippen molar-refractivity contribution in [3.63, 3.8) is 0 Å². The van der Waals surface area contributed by atoms with Gasteiger partial charge in [0.15, 0.2) is 11.5 Å². The summed E-state index contributed by atoms with van der Waals surface area (Å²) in [4.78, 5) is 18.8. The van der Waals surface area contributed by atoms with E-state index in [1.807, 2.05) is 59.3 Å². The predicted molar refractivity (Wildman–Crippen MR) is 106 cm³/mol. The third kappa shape index (κ3) is 3.86. The smallest absolute Gasteiger partial charge is 0.276 e. The summed E-state index contributed by atoms with van der Waals surface area (Å²) in [7, 11) is 1.74. The standard InChI is InChI=1S/C22H20N4O2/c1-25(16-21-23-12-13-26(21)15-17-8-4-2-5-9-17)22(27)19-14-20(28-24-19)18-10-6-3-7-11-18/h2-14H,15-16H2,1H3. The molecule has 4 aromatic rings. The van der Waals surface area contributed by atoms with Gasteiger partial charge in [-0.3, -0.25) is 4.79 Å². The lowest BCUT2D eigenvalue weighted by Gasteiger charge is -2.16. The van der Waals surface area contributed by atoms with Gasteiger partial charge in [0, 0.05) is 37.6 Å². The molecule has 28 heavy (non-hydrogen) atoms. The maximum atomic E-state index is 12.8. The average molecular weight is 372 g/mol. The van der Waals surface area contributed by atoms with Gasteiger partial charge in [0.1, 0.15) is 5.82 Å². The second-order valence-electron chi connectivity index (χ2n) is 6.56. The monoisotopic (exact) mass is 372 g/mol. The number of benzene rings is 2. The van der Waals surface area contributed by atoms with Crippen molar-refractivity contribution in [1.82, 2.24) is 19.6 Å². The third-order valence-electron chi connectivity index (χ3n) is 4.51. The van der Waals surface area contributed by atoms with Crippen LogP contribution >= 0.6 is 0 Å². The van der Waals surface area contributed by atoms with Crippen molar-refractivity contribution >= 4 is 5.91 Å². The Balaban J connectivity index is 1.46. The zero-order chi connectivity index (χ0) is 19.3. The van der Waals surface area contributed by atoms with Crippen LogP contribution in [0.4, 0.5) is 0 Å². The van der Waals surface area contributed by atoms with E-state index in [0.29, 0.717) is 18.8 Å². The van der Waals surface area contributed by atoms with Crippen LogP contribution in [0.15, 0.2) is 83.6 Å². The zero-order valence-corrected chi connectivity index (χ0v) is 15.5. The van der Waals surface area contributed by atoms with E-state index >= 15 is 0 Å². The van der Waals surface area contributed by atoms with Gasteiger partial charge in [0.2, 0.25) is 0 Å². The molecule has 0 aliphatic carbocycles. The summed E-state index contributed by atoms with van der Waals surface area (Å²) in [5.74, 6) is 1.18. The number of aromatic nitrogens is 3. The summed E-state index contributed by atoms with van der Waals surface area (Å²) in [6, 6.07) is 21.4. The van der Waals surface area contributed by atoms with Gasteiger partial charge in [-0.25, -0.2) is 4.98 Å². The lowest BCUT2D eigenvalue weighted by molar-refractivity contribution is 0.0770. The number of nitrogens with zero attached hydrogens (tertiary/aromatic N) is 4. The second kappa shape index (κ2) is 7.92. The van der Waals surface area contributed by atoms with Crippen molar-refractivity contribution in [2.75, 3.05) is 7.05 Å². The van der Waals surface area contributed by atoms with Crippen LogP contribution in [0.1, 0.15) is 21.9 Å². The quantitative estimate of drug-likeness (QED) is 0.516. The molecule has 0 aliphatic rings. The molecule has 0 atom stereocenters. The molecule has 0 fully saturated rings. The SMILES string of the molecule is CN(Cc1nccn1Cc1ccccc1)C(=O)c1cc(-c2ccccc2)on1. The third-order valence-corrected chi connectivity index (χ3v) is 4.51. The molecule has 2 aromatic carbocycles. The predicted octanol–water partition coefficient (Wildman–Crippen LogP) is 3.86. The molecule has 6 heteroatoms. The first-order valence-corrected chi connectivity index (χ1v) is 9.02. The molecule has 0 N–H and O–H groups in total. The molecule has 1 amide bonds. The molecule has 0 saturated carbocycles. The van der Waals surface area contributed by atoms with Crippen LogP contribution in [0, 0.1) is 0 Å². The fourth-order valence-electron chi connectivity index (χ4n) is 3.01. The van der Waals surface area contributed by atoms with Crippen LogP contribution < -0.4 is 0 Å². The van der Waals surface area contributed by atoms with Gasteiger partial charge in [-0.2, -0.15) is 0 Å². The van der Waals surface area contributed by atoms with Crippen LogP contribution in [0.3, 0.4) is 0 Å². The summed E-state index contributed by atoms with van der Waals surface area (Å²) < 4.78 is 7.38. The highest BCUT2D eigenvalue weighted by Gasteiger charge is 2.19. The molecule has 0 spiro atoms. The number of carbonyl (C=O) groups excluding carboxylic acids is 1. The molecule has 140 valence electrons. The Morgan fingerprint density at radius 1 is 1.07 bits per heavy atom. The molecule has 2 aromatic heterocycles. The minimum atomic E-state index is -0.208. The number of hydrogen-bond acceptors (Lipinski definition) is 4. The Morgan fingerprint density at radius 2 is 1.79 bits per heavy atom. The van der Waals surface area contributed by atoms with Crippen LogP contribution in [0.25, 0.3) is 11.3 Å². The number of hydrogen-bond donors (Lipinski definition) is 0. The van der Waals surface area contributed by atoms with E-state index in [0.717, 1.165) is 11.4 Å². The second-order valence-corrected chi connectivity index (χ2v) is 6.56. The summed E-state index contributed by atoms with van der Waals surface area (Å²) >= 11 is 0. The van der Waals surface area contributed by atoms with Gasteiger partial charge in [-0.15, -0.1) is 0 Å². The van der Waals surface area contributed by atoms with Crippen molar-refractivity contribution in [2.24, 2.45) is 0 Å². The molecule has 2 heterocycles. The Morgan fingerprint density at radius 3 is 2.54 bits per heavy atom. The van der Waals surface area contributed by atoms with E-state index in [1.165, 1.54) is 5.56 Å². The van der Waals surface area contributed by atoms with E-state index in [2.05, 4.69) is 22.3 Å². The molecule has 6 nitrogen and oxygen atoms in total. The van der Waals surface area contributed by atoms with Crippen molar-refractivity contribution in [2.45, 2.75) is 13.1 Å². The fraction of sp³-hybridized carbons (Fsp3) is 0.136. The number of rotatable bonds is 6. The van der Waals surface area contributed by atoms with E-state index in [4.69, 9.17) is 4.52 Å². The first kappa shape index (κ1) is 17.7. The Labute approximate surface area is 163 Å². The van der Waals surface area contributed by atoms with Crippen molar-refractivity contribution in [1.29, 1.82) is 0 Å². The van der Waals surface area contributed by atoms with Gasteiger partial charge >= 0.3 is 0 Å². The molecule has 0 unspecified atom stereocenters. The minimum Gasteiger partial charge on any atom is -0.355 e. The van der Waals surface area contributed by atoms with Crippen molar-refractivity contribution in [3.8, 4) is 11.3 Å². The first-order valence-electron chi connectivity index (χ1n) is 9.02. The molecule has 0 bridgehead atoms. The molecule has 0 saturated heterocycles. The Hall–Kier alpha value is -3.67. The summed E-state index contributed by atoms with van der Waals surface area (Å²) in [5, 5.41) is 3.94. The highest BCUT2D eigenvalue weighted by molar-refractivity contribution is 5.92. The van der Waals surface area contributed by atoms with Crippen LogP contribution in [0.2, 0.25) is 0 Å². The van der Waals surface area contributed by atoms with Crippen LogP contribution in [-0.4, -0.2) is 32.6 Å². The van der Waals surface area contributed by atoms with E-state index < -0.39 is 0 Å². The largest absolute Gasteiger partial charge is 0.355 e. The zero-order valence-electron chi connectivity index (χ0n) is 15.5. The topological polar surface area (TPSA) is 64.2 Å². The van der Waals surface area contributed by atoms with Gasteiger partial charge in [0.25, 0.3) is 5.91 Å². The van der Waals surface area contributed by atoms with E-state index in [-0.39, 0.29) is 11.6 Å². The maximum Gasteiger partial charge on any atom is 0.276 e. The van der Waals surface area contributed by atoms with Crippen LogP contribution in [0.5, 0.6) is 0 Å². The number of amides is 1. The highest BCUT2D eigenvalue weighted by atomic mass is 16.5. The van der Waals surface area contributed by atoms with Crippen LogP contribution in [-0.2, 0) is 13.1 Å². The van der Waals surface area contributed by atoms with Gasteiger partial charge in [0.05, 0.1) is 6.54 Å². The first-order chi connectivity index (χ1) is 13.7. The van der Waals surface area contributed by atoms with Gasteiger partial charge in [-0.05, 0) is 5.56 Å². The van der Waals surface area contributed by atoms with E-state index in [1.54, 1.807) is 24.2 Å². The van der Waals surface area contributed by atoms with Gasteiger partial charge in [-0.1, -0.05) is 65.8 Å². The normalized spacial score (nSPS) is 10.8. The summed E-state index contributed by atoms with van der Waals surface area (Å²) in [6.07, 6.45) is 3.67. The molecule has 0 aliphatic heterocycles. The lowest BCUT2D eigenvalue weighted by Crippen LogP contribution is -2.28. The molecular weight excluding hydrogens is 352 g/mol. The van der Waals surface area contributed by atoms with Crippen molar-refractivity contribution in [3.05, 3.63) is 96.2 Å². The van der Waals surface area contributed by atoms with Crippen molar-refractivity contribution < 1.29 is 9.32 Å². The summed E-state index contributed by atoms with van der Waals surface area (Å²) in [5.41, 5.74) is 2.34. The Bertz CT molecular complexity index is 1050. The molecule has 0 radical (unpaired) electrons.